The Morgan fingerprint density at radius 3 is 2.12 bits per heavy atom. The highest BCUT2D eigenvalue weighted by Gasteiger charge is 2.49. The molecule has 0 aliphatic rings. The molecule has 0 aliphatic heterocycles. The first-order valence-corrected chi connectivity index (χ1v) is 8.17. The van der Waals surface area contributed by atoms with Gasteiger partial charge < -0.3 is 8.92 Å². The van der Waals surface area contributed by atoms with Crippen molar-refractivity contribution >= 4 is 10.1 Å². The minimum Gasteiger partial charge on any atom is -0.406 e. The van der Waals surface area contributed by atoms with Crippen LogP contribution in [0.4, 0.5) is 26.3 Å². The van der Waals surface area contributed by atoms with E-state index in [9.17, 15) is 34.8 Å². The van der Waals surface area contributed by atoms with E-state index >= 15 is 0 Å². The van der Waals surface area contributed by atoms with Crippen LogP contribution in [0.5, 0.6) is 11.5 Å². The third kappa shape index (κ3) is 4.81. The average Bonchev–Trinajstić information content (AvgIpc) is 2.44. The van der Waals surface area contributed by atoms with Crippen LogP contribution >= 0.6 is 0 Å². The lowest BCUT2D eigenvalue weighted by Gasteiger charge is -2.16. The Hall–Kier alpha value is -2.43. The maximum atomic E-state index is 12.6. The summed E-state index contributed by atoms with van der Waals surface area (Å²) in [5.41, 5.74) is -4.98. The third-order valence-electron chi connectivity index (χ3n) is 3.00. The molecule has 142 valence electrons. The maximum absolute atomic E-state index is 12.6. The van der Waals surface area contributed by atoms with Gasteiger partial charge in [0.25, 0.3) is 0 Å². The summed E-state index contributed by atoms with van der Waals surface area (Å²) in [6.07, 6.45) is -5.12. The second-order valence-corrected chi connectivity index (χ2v) is 6.60. The number of rotatable bonds is 4. The van der Waals surface area contributed by atoms with Gasteiger partial charge in [0.05, 0.1) is 0 Å². The molecule has 4 nitrogen and oxygen atoms in total. The Bertz CT molecular complexity index is 903. The zero-order valence-electron chi connectivity index (χ0n) is 12.9. The first kappa shape index (κ1) is 19.9. The van der Waals surface area contributed by atoms with E-state index in [1.807, 2.05) is 0 Å². The number of benzene rings is 2. The van der Waals surface area contributed by atoms with Gasteiger partial charge in [-0.05, 0) is 24.6 Å². The standard InChI is InChI=1S/C15H10F6O4S/c1-9-3-2-4-10(7-9)12-6-5-11(24-14(16,17)18)8-13(12)25-26(22,23)15(19,20)21/h2-8H,1H3. The quantitative estimate of drug-likeness (QED) is 0.421. The van der Waals surface area contributed by atoms with Gasteiger partial charge in [0.2, 0.25) is 0 Å². The van der Waals surface area contributed by atoms with E-state index < -0.39 is 33.5 Å². The van der Waals surface area contributed by atoms with Crippen molar-refractivity contribution in [3.63, 3.8) is 0 Å². The summed E-state index contributed by atoms with van der Waals surface area (Å²) in [5, 5.41) is 0. The molecule has 2 aromatic rings. The van der Waals surface area contributed by atoms with Crippen molar-refractivity contribution in [2.45, 2.75) is 18.8 Å². The Balaban J connectivity index is 2.58. The minimum atomic E-state index is -6.09. The van der Waals surface area contributed by atoms with Crippen LogP contribution in [0, 0.1) is 6.92 Å². The molecule has 0 atom stereocenters. The Morgan fingerprint density at radius 2 is 1.58 bits per heavy atom. The molecular weight excluding hydrogens is 390 g/mol. The van der Waals surface area contributed by atoms with Crippen LogP contribution in [0.25, 0.3) is 11.1 Å². The van der Waals surface area contributed by atoms with Gasteiger partial charge in [-0.2, -0.15) is 21.6 Å². The molecule has 0 fully saturated rings. The summed E-state index contributed by atoms with van der Waals surface area (Å²) in [4.78, 5) is 0. The molecule has 0 spiro atoms. The summed E-state index contributed by atoms with van der Waals surface area (Å²) in [7, 11) is -6.09. The Kier molecular flexibility index (Phi) is 5.13. The van der Waals surface area contributed by atoms with E-state index in [1.165, 1.54) is 18.2 Å². The van der Waals surface area contributed by atoms with Crippen LogP contribution in [-0.4, -0.2) is 20.3 Å². The molecule has 0 unspecified atom stereocenters. The highest BCUT2D eigenvalue weighted by atomic mass is 32.2. The molecule has 0 saturated carbocycles. The van der Waals surface area contributed by atoms with Gasteiger partial charge in [-0.1, -0.05) is 29.8 Å². The Labute approximate surface area is 144 Å². The van der Waals surface area contributed by atoms with E-state index in [1.54, 1.807) is 13.0 Å². The van der Waals surface area contributed by atoms with Crippen molar-refractivity contribution in [1.29, 1.82) is 0 Å². The van der Waals surface area contributed by atoms with Crippen molar-refractivity contribution < 1.29 is 43.7 Å². The second-order valence-electron chi connectivity index (χ2n) is 5.06. The summed E-state index contributed by atoms with van der Waals surface area (Å²) in [6.45, 7) is 1.66. The number of alkyl halides is 6. The van der Waals surface area contributed by atoms with E-state index in [4.69, 9.17) is 0 Å². The van der Waals surface area contributed by atoms with Crippen LogP contribution in [0.2, 0.25) is 0 Å². The van der Waals surface area contributed by atoms with Gasteiger partial charge in [-0.15, -0.1) is 13.2 Å². The van der Waals surface area contributed by atoms with Gasteiger partial charge >= 0.3 is 22.0 Å². The maximum Gasteiger partial charge on any atom is 0.573 e. The molecule has 0 bridgehead atoms. The number of hydrogen-bond acceptors (Lipinski definition) is 4. The molecule has 0 heterocycles. The lowest BCUT2D eigenvalue weighted by molar-refractivity contribution is -0.274. The molecule has 0 N–H and O–H groups in total. The summed E-state index contributed by atoms with van der Waals surface area (Å²) >= 11 is 0. The molecule has 0 saturated heterocycles. The predicted octanol–water partition coefficient (Wildman–Crippen LogP) is 4.79. The van der Waals surface area contributed by atoms with Crippen LogP contribution in [-0.2, 0) is 10.1 Å². The van der Waals surface area contributed by atoms with Crippen molar-refractivity contribution in [3.05, 3.63) is 48.0 Å². The lowest BCUT2D eigenvalue weighted by atomic mass is 10.0. The van der Waals surface area contributed by atoms with E-state index in [0.717, 1.165) is 12.1 Å². The van der Waals surface area contributed by atoms with Crippen LogP contribution in [0.15, 0.2) is 42.5 Å². The lowest BCUT2D eigenvalue weighted by Crippen LogP contribution is -2.28. The molecular formula is C15H10F6O4S. The average molecular weight is 400 g/mol. The number of ether oxygens (including phenoxy) is 1. The highest BCUT2D eigenvalue weighted by Crippen LogP contribution is 2.38. The molecule has 0 radical (unpaired) electrons. The smallest absolute Gasteiger partial charge is 0.406 e. The number of hydrogen-bond donors (Lipinski definition) is 0. The van der Waals surface area contributed by atoms with Crippen molar-refractivity contribution in [1.82, 2.24) is 0 Å². The SMILES string of the molecule is Cc1cccc(-c2ccc(OC(F)(F)F)cc2OS(=O)(=O)C(F)(F)F)c1. The van der Waals surface area contributed by atoms with E-state index in [-0.39, 0.29) is 11.1 Å². The van der Waals surface area contributed by atoms with Crippen LogP contribution in [0.1, 0.15) is 5.56 Å². The van der Waals surface area contributed by atoms with Crippen molar-refractivity contribution in [3.8, 4) is 22.6 Å². The largest absolute Gasteiger partial charge is 0.573 e. The second kappa shape index (κ2) is 6.71. The van der Waals surface area contributed by atoms with Crippen LogP contribution in [0.3, 0.4) is 0 Å². The minimum absolute atomic E-state index is 0.156. The fourth-order valence-electron chi connectivity index (χ4n) is 1.99. The van der Waals surface area contributed by atoms with Gasteiger partial charge in [0.15, 0.2) is 5.75 Å². The highest BCUT2D eigenvalue weighted by molar-refractivity contribution is 7.88. The summed E-state index contributed by atoms with van der Waals surface area (Å²) in [6, 6.07) is 8.35. The fourth-order valence-corrected chi connectivity index (χ4v) is 2.45. The van der Waals surface area contributed by atoms with E-state index in [0.29, 0.717) is 11.6 Å². The van der Waals surface area contributed by atoms with Crippen LogP contribution < -0.4 is 8.92 Å². The van der Waals surface area contributed by atoms with Gasteiger partial charge in [-0.3, -0.25) is 0 Å². The zero-order valence-corrected chi connectivity index (χ0v) is 13.7. The molecule has 26 heavy (non-hydrogen) atoms. The number of aryl methyl sites for hydroxylation is 1. The van der Waals surface area contributed by atoms with Gasteiger partial charge in [-0.25, -0.2) is 0 Å². The molecule has 0 aromatic heterocycles. The normalized spacial score (nSPS) is 12.7. The molecule has 2 rings (SSSR count). The zero-order chi connectivity index (χ0) is 19.8. The Morgan fingerprint density at radius 1 is 0.923 bits per heavy atom. The van der Waals surface area contributed by atoms with Gasteiger partial charge in [0, 0.05) is 11.6 Å². The third-order valence-corrected chi connectivity index (χ3v) is 3.96. The predicted molar refractivity (Wildman–Crippen MR) is 78.9 cm³/mol. The van der Waals surface area contributed by atoms with Crippen molar-refractivity contribution in [2.75, 3.05) is 0 Å². The number of halogens is 6. The monoisotopic (exact) mass is 400 g/mol. The van der Waals surface area contributed by atoms with Gasteiger partial charge in [0.1, 0.15) is 5.75 Å². The molecule has 0 aliphatic carbocycles. The summed E-state index contributed by atoms with van der Waals surface area (Å²) in [5.74, 6) is -1.88. The summed E-state index contributed by atoms with van der Waals surface area (Å²) < 4.78 is 105. The topological polar surface area (TPSA) is 52.6 Å². The molecule has 0 amide bonds. The first-order chi connectivity index (χ1) is 11.8. The van der Waals surface area contributed by atoms with E-state index in [2.05, 4.69) is 8.92 Å². The molecule has 11 heteroatoms. The molecule has 2 aromatic carbocycles. The first-order valence-electron chi connectivity index (χ1n) is 6.76. The van der Waals surface area contributed by atoms with Crippen molar-refractivity contribution in [2.24, 2.45) is 0 Å². The fraction of sp³-hybridized carbons (Fsp3) is 0.200.